The quantitative estimate of drug-likeness (QED) is 0.331. The number of anilines is 2. The second-order valence-electron chi connectivity index (χ2n) is 8.87. The number of urea groups is 1. The van der Waals surface area contributed by atoms with E-state index >= 15 is 0 Å². The van der Waals surface area contributed by atoms with Crippen LogP contribution >= 0.6 is 22.7 Å². The van der Waals surface area contributed by atoms with Crippen molar-refractivity contribution in [2.75, 3.05) is 29.9 Å². The normalized spacial score (nSPS) is 15.1. The smallest absolute Gasteiger partial charge is 0.321 e. The third kappa shape index (κ3) is 4.73. The predicted molar refractivity (Wildman–Crippen MR) is 142 cm³/mol. The predicted octanol–water partition coefficient (Wildman–Crippen LogP) is 4.71. The molecule has 1 fully saturated rings. The van der Waals surface area contributed by atoms with E-state index in [2.05, 4.69) is 30.6 Å². The average molecular weight is 524 g/mol. The highest BCUT2D eigenvalue weighted by molar-refractivity contribution is 7.23. The molecule has 186 valence electrons. The number of carbonyl (C=O) groups is 2. The van der Waals surface area contributed by atoms with Crippen molar-refractivity contribution in [2.45, 2.75) is 26.7 Å². The molecule has 3 aromatic heterocycles. The maximum absolute atomic E-state index is 12.0. The molecule has 0 unspecified atom stereocenters. The number of benzene rings is 1. The maximum Gasteiger partial charge on any atom is 0.321 e. The van der Waals surface area contributed by atoms with Gasteiger partial charge in [-0.05, 0) is 44.4 Å². The molecule has 1 aromatic carbocycles. The lowest BCUT2D eigenvalue weighted by Gasteiger charge is -2.36. The van der Waals surface area contributed by atoms with Crippen LogP contribution in [0.4, 0.5) is 15.9 Å². The topological polar surface area (TPSA) is 133 Å². The van der Waals surface area contributed by atoms with E-state index in [0.29, 0.717) is 43.6 Å². The number of fused-ring (bicyclic) bond motifs is 1. The van der Waals surface area contributed by atoms with Gasteiger partial charge in [0.15, 0.2) is 5.13 Å². The summed E-state index contributed by atoms with van der Waals surface area (Å²) in [4.78, 5) is 43.8. The summed E-state index contributed by atoms with van der Waals surface area (Å²) in [5.41, 5.74) is 5.33. The van der Waals surface area contributed by atoms with Gasteiger partial charge in [0.25, 0.3) is 0 Å². The van der Waals surface area contributed by atoms with Gasteiger partial charge in [-0.15, -0.1) is 11.3 Å². The first kappa shape index (κ1) is 24.1. The SMILES string of the molecule is CCNC(=O)Nc1nc2cc(-c3cnc(N4CCC(C)(C(=O)O)CC4)nc3)cc(-c3cscn3)c2s1. The summed E-state index contributed by atoms with van der Waals surface area (Å²) in [6.07, 6.45) is 4.66. The van der Waals surface area contributed by atoms with Gasteiger partial charge in [-0.25, -0.2) is 24.7 Å². The van der Waals surface area contributed by atoms with Crippen LogP contribution in [0.25, 0.3) is 32.6 Å². The lowest BCUT2D eigenvalue weighted by molar-refractivity contribution is -0.149. The van der Waals surface area contributed by atoms with Crippen molar-refractivity contribution in [1.29, 1.82) is 0 Å². The van der Waals surface area contributed by atoms with Crippen LogP contribution in [0.1, 0.15) is 26.7 Å². The van der Waals surface area contributed by atoms with Gasteiger partial charge >= 0.3 is 12.0 Å². The van der Waals surface area contributed by atoms with E-state index in [1.165, 1.54) is 22.7 Å². The minimum atomic E-state index is -0.754. The number of aromatic nitrogens is 4. The van der Waals surface area contributed by atoms with Crippen LogP contribution in [0.5, 0.6) is 0 Å². The number of amides is 2. The Hall–Kier alpha value is -3.64. The fraction of sp³-hybridized carbons (Fsp3) is 0.333. The highest BCUT2D eigenvalue weighted by Gasteiger charge is 2.37. The van der Waals surface area contributed by atoms with Crippen LogP contribution in [0, 0.1) is 5.41 Å². The van der Waals surface area contributed by atoms with Crippen LogP contribution in [0.2, 0.25) is 0 Å². The molecule has 2 amide bonds. The van der Waals surface area contributed by atoms with Gasteiger partial charge in [-0.1, -0.05) is 11.3 Å². The molecule has 4 aromatic rings. The highest BCUT2D eigenvalue weighted by Crippen LogP contribution is 2.39. The standard InChI is InChI=1S/C24H25N7O3S2/c1-3-25-22(34)30-23-29-17-9-14(8-16(19(17)36-23)18-12-35-13-28-18)15-10-26-21(27-11-15)31-6-4-24(2,5-7-31)20(32)33/h8-13H,3-7H2,1-2H3,(H,32,33)(H2,25,29,30,34). The van der Waals surface area contributed by atoms with Crippen molar-refractivity contribution >= 4 is 56.0 Å². The third-order valence-corrected chi connectivity index (χ3v) is 8.00. The zero-order chi connectivity index (χ0) is 25.3. The molecular weight excluding hydrogens is 498 g/mol. The number of piperidine rings is 1. The summed E-state index contributed by atoms with van der Waals surface area (Å²) in [6.45, 7) is 5.38. The van der Waals surface area contributed by atoms with Crippen LogP contribution in [0.15, 0.2) is 35.4 Å². The van der Waals surface area contributed by atoms with E-state index in [1.807, 2.05) is 29.3 Å². The number of hydrogen-bond donors (Lipinski definition) is 3. The number of carbonyl (C=O) groups excluding carboxylic acids is 1. The van der Waals surface area contributed by atoms with Crippen molar-refractivity contribution in [2.24, 2.45) is 5.41 Å². The maximum atomic E-state index is 12.0. The first-order chi connectivity index (χ1) is 17.4. The zero-order valence-electron chi connectivity index (χ0n) is 19.8. The number of aliphatic carboxylic acids is 1. The first-order valence-corrected chi connectivity index (χ1v) is 13.3. The Balaban J connectivity index is 1.44. The number of carboxylic acids is 1. The molecule has 0 bridgehead atoms. The van der Waals surface area contributed by atoms with E-state index in [9.17, 15) is 14.7 Å². The Morgan fingerprint density at radius 1 is 1.14 bits per heavy atom. The lowest BCUT2D eigenvalue weighted by Crippen LogP contribution is -2.43. The van der Waals surface area contributed by atoms with Crippen molar-refractivity contribution in [3.05, 3.63) is 35.4 Å². The Morgan fingerprint density at radius 3 is 2.53 bits per heavy atom. The third-order valence-electron chi connectivity index (χ3n) is 6.39. The van der Waals surface area contributed by atoms with Crippen molar-refractivity contribution in [1.82, 2.24) is 25.3 Å². The van der Waals surface area contributed by atoms with E-state index in [4.69, 9.17) is 0 Å². The van der Waals surface area contributed by atoms with Gasteiger partial charge in [-0.3, -0.25) is 10.1 Å². The zero-order valence-corrected chi connectivity index (χ0v) is 21.4. The molecule has 4 heterocycles. The van der Waals surface area contributed by atoms with Gasteiger partial charge in [0.05, 0.1) is 26.8 Å². The van der Waals surface area contributed by atoms with Gasteiger partial charge in [0, 0.05) is 48.5 Å². The number of nitrogens with zero attached hydrogens (tertiary/aromatic N) is 5. The number of rotatable bonds is 6. The minimum Gasteiger partial charge on any atom is -0.481 e. The number of carboxylic acid groups (broad SMARTS) is 1. The molecular formula is C24H25N7O3S2. The molecule has 0 spiro atoms. The monoisotopic (exact) mass is 523 g/mol. The number of thiazole rings is 2. The Bertz CT molecular complexity index is 1400. The largest absolute Gasteiger partial charge is 0.481 e. The van der Waals surface area contributed by atoms with Crippen molar-refractivity contribution in [3.8, 4) is 22.4 Å². The summed E-state index contributed by atoms with van der Waals surface area (Å²) in [6, 6.07) is 3.71. The minimum absolute atomic E-state index is 0.294. The Labute approximate surface area is 215 Å². The molecule has 0 radical (unpaired) electrons. The summed E-state index contributed by atoms with van der Waals surface area (Å²) in [5.74, 6) is -0.162. The Kier molecular flexibility index (Phi) is 6.54. The summed E-state index contributed by atoms with van der Waals surface area (Å²) in [5, 5.41) is 17.5. The number of nitrogens with one attached hydrogen (secondary N) is 2. The molecule has 5 rings (SSSR count). The summed E-state index contributed by atoms with van der Waals surface area (Å²) < 4.78 is 0.934. The summed E-state index contributed by atoms with van der Waals surface area (Å²) in [7, 11) is 0. The molecule has 0 aliphatic carbocycles. The first-order valence-electron chi connectivity index (χ1n) is 11.5. The highest BCUT2D eigenvalue weighted by atomic mass is 32.1. The second-order valence-corrected chi connectivity index (χ2v) is 10.6. The number of hydrogen-bond acceptors (Lipinski definition) is 9. The molecule has 1 saturated heterocycles. The van der Waals surface area contributed by atoms with Crippen LogP contribution in [-0.4, -0.2) is 56.7 Å². The van der Waals surface area contributed by atoms with Gasteiger partial charge in [-0.2, -0.15) is 0 Å². The van der Waals surface area contributed by atoms with Crippen LogP contribution in [-0.2, 0) is 4.79 Å². The Morgan fingerprint density at radius 2 is 1.89 bits per heavy atom. The molecule has 3 N–H and O–H groups in total. The van der Waals surface area contributed by atoms with Crippen molar-refractivity contribution < 1.29 is 14.7 Å². The van der Waals surface area contributed by atoms with E-state index in [-0.39, 0.29) is 6.03 Å². The molecule has 10 nitrogen and oxygen atoms in total. The summed E-state index contributed by atoms with van der Waals surface area (Å²) >= 11 is 2.92. The molecule has 1 aliphatic heterocycles. The van der Waals surface area contributed by atoms with E-state index < -0.39 is 11.4 Å². The lowest BCUT2D eigenvalue weighted by atomic mass is 9.80. The van der Waals surface area contributed by atoms with Crippen molar-refractivity contribution in [3.63, 3.8) is 0 Å². The molecule has 1 aliphatic rings. The van der Waals surface area contributed by atoms with Crippen LogP contribution in [0.3, 0.4) is 0 Å². The molecule has 0 atom stereocenters. The van der Waals surface area contributed by atoms with E-state index in [0.717, 1.165) is 32.6 Å². The fourth-order valence-electron chi connectivity index (χ4n) is 4.14. The molecule has 0 saturated carbocycles. The van der Waals surface area contributed by atoms with Gasteiger partial charge in [0.1, 0.15) is 0 Å². The van der Waals surface area contributed by atoms with Gasteiger partial charge < -0.3 is 15.3 Å². The molecule has 36 heavy (non-hydrogen) atoms. The van der Waals surface area contributed by atoms with Gasteiger partial charge in [0.2, 0.25) is 5.95 Å². The second kappa shape index (κ2) is 9.78. The molecule has 12 heteroatoms. The van der Waals surface area contributed by atoms with Crippen LogP contribution < -0.4 is 15.5 Å². The van der Waals surface area contributed by atoms with E-state index in [1.54, 1.807) is 24.8 Å². The fourth-order valence-corrected chi connectivity index (χ4v) is 5.65. The average Bonchev–Trinajstić information content (AvgIpc) is 3.54.